The van der Waals surface area contributed by atoms with Crippen molar-refractivity contribution in [3.05, 3.63) is 59.7 Å². The highest BCUT2D eigenvalue weighted by molar-refractivity contribution is 7.89. The van der Waals surface area contributed by atoms with E-state index in [1.54, 1.807) is 12.1 Å². The lowest BCUT2D eigenvalue weighted by molar-refractivity contribution is 0.102. The van der Waals surface area contributed by atoms with E-state index in [-0.39, 0.29) is 29.3 Å². The van der Waals surface area contributed by atoms with Gasteiger partial charge in [-0.05, 0) is 49.2 Å². The standard InChI is InChI=1S/C19H23N3O3S.ClH/c1-2-20-13-15-6-3-4-9-18(15)21-19(23)14-7-5-8-17(12-14)26(24,25)22-16-10-11-16;/h3-9,12,16,20,22H,2,10-11,13H2,1H3,(H,21,23);1H. The van der Waals surface area contributed by atoms with Gasteiger partial charge in [0.25, 0.3) is 5.91 Å². The summed E-state index contributed by atoms with van der Waals surface area (Å²) in [6, 6.07) is 13.7. The Morgan fingerprint density at radius 1 is 1.11 bits per heavy atom. The van der Waals surface area contributed by atoms with Crippen molar-refractivity contribution >= 4 is 34.0 Å². The van der Waals surface area contributed by atoms with Gasteiger partial charge < -0.3 is 10.6 Å². The predicted octanol–water partition coefficient (Wildman–Crippen LogP) is 2.91. The van der Waals surface area contributed by atoms with Crippen LogP contribution < -0.4 is 15.4 Å². The molecule has 1 fully saturated rings. The Hall–Kier alpha value is -1.93. The molecule has 1 saturated carbocycles. The SMILES string of the molecule is CCNCc1ccccc1NC(=O)c1cccc(S(=O)(=O)NC2CC2)c1.Cl. The van der Waals surface area contributed by atoms with E-state index >= 15 is 0 Å². The van der Waals surface area contributed by atoms with E-state index in [1.807, 2.05) is 31.2 Å². The van der Waals surface area contributed by atoms with Crippen molar-refractivity contribution in [2.24, 2.45) is 0 Å². The summed E-state index contributed by atoms with van der Waals surface area (Å²) in [6.45, 7) is 3.49. The summed E-state index contributed by atoms with van der Waals surface area (Å²) in [5.74, 6) is -0.336. The Morgan fingerprint density at radius 3 is 2.56 bits per heavy atom. The quantitative estimate of drug-likeness (QED) is 0.625. The zero-order chi connectivity index (χ0) is 18.6. The van der Waals surface area contributed by atoms with Crippen LogP contribution in [0.3, 0.4) is 0 Å². The number of halogens is 1. The fourth-order valence-electron chi connectivity index (χ4n) is 2.54. The number of amides is 1. The molecule has 2 aromatic rings. The fraction of sp³-hybridized carbons (Fsp3) is 0.316. The van der Waals surface area contributed by atoms with Gasteiger partial charge in [-0.25, -0.2) is 13.1 Å². The Morgan fingerprint density at radius 2 is 1.85 bits per heavy atom. The molecule has 27 heavy (non-hydrogen) atoms. The highest BCUT2D eigenvalue weighted by atomic mass is 35.5. The number of hydrogen-bond donors (Lipinski definition) is 3. The summed E-state index contributed by atoms with van der Waals surface area (Å²) < 4.78 is 27.3. The number of carbonyl (C=O) groups excluding carboxylic acids is 1. The van der Waals surface area contributed by atoms with Crippen molar-refractivity contribution in [3.8, 4) is 0 Å². The molecule has 0 radical (unpaired) electrons. The molecule has 146 valence electrons. The van der Waals surface area contributed by atoms with Crippen LogP contribution in [0, 0.1) is 0 Å². The number of rotatable bonds is 8. The molecule has 2 aromatic carbocycles. The van der Waals surface area contributed by atoms with Gasteiger partial charge >= 0.3 is 0 Å². The maximum atomic E-state index is 12.6. The molecule has 1 aliphatic carbocycles. The topological polar surface area (TPSA) is 87.3 Å². The highest BCUT2D eigenvalue weighted by Crippen LogP contribution is 2.23. The van der Waals surface area contributed by atoms with Crippen molar-refractivity contribution < 1.29 is 13.2 Å². The van der Waals surface area contributed by atoms with Crippen LogP contribution in [-0.2, 0) is 16.6 Å². The lowest BCUT2D eigenvalue weighted by Gasteiger charge is -2.12. The van der Waals surface area contributed by atoms with Crippen LogP contribution >= 0.6 is 12.4 Å². The number of sulfonamides is 1. The van der Waals surface area contributed by atoms with E-state index in [4.69, 9.17) is 0 Å². The molecule has 6 nitrogen and oxygen atoms in total. The Bertz CT molecular complexity index is 899. The summed E-state index contributed by atoms with van der Waals surface area (Å²) >= 11 is 0. The fourth-order valence-corrected chi connectivity index (χ4v) is 3.89. The third-order valence-electron chi connectivity index (χ3n) is 4.14. The second-order valence-corrected chi connectivity index (χ2v) is 8.03. The third kappa shape index (κ3) is 5.77. The van der Waals surface area contributed by atoms with Crippen LogP contribution in [0.1, 0.15) is 35.7 Å². The molecule has 3 N–H and O–H groups in total. The molecule has 0 aromatic heterocycles. The molecule has 0 bridgehead atoms. The van der Waals surface area contributed by atoms with E-state index < -0.39 is 10.0 Å². The molecule has 0 atom stereocenters. The van der Waals surface area contributed by atoms with Crippen LogP contribution in [0.25, 0.3) is 0 Å². The van der Waals surface area contributed by atoms with Gasteiger partial charge in [-0.2, -0.15) is 0 Å². The highest BCUT2D eigenvalue weighted by Gasteiger charge is 2.28. The first-order chi connectivity index (χ1) is 12.5. The molecule has 0 saturated heterocycles. The normalized spacial score (nSPS) is 13.7. The van der Waals surface area contributed by atoms with Crippen LogP contribution in [0.5, 0.6) is 0 Å². The maximum Gasteiger partial charge on any atom is 0.255 e. The molecule has 3 rings (SSSR count). The smallest absolute Gasteiger partial charge is 0.255 e. The minimum absolute atomic E-state index is 0. The van der Waals surface area contributed by atoms with E-state index in [0.717, 1.165) is 24.9 Å². The molecule has 1 aliphatic rings. The average molecular weight is 410 g/mol. The molecule has 0 spiro atoms. The lowest BCUT2D eigenvalue weighted by Crippen LogP contribution is -2.26. The summed E-state index contributed by atoms with van der Waals surface area (Å²) in [4.78, 5) is 12.7. The number of hydrogen-bond acceptors (Lipinski definition) is 4. The van der Waals surface area contributed by atoms with Crippen LogP contribution in [-0.4, -0.2) is 26.9 Å². The minimum Gasteiger partial charge on any atom is -0.322 e. The van der Waals surface area contributed by atoms with Gasteiger partial charge in [0.2, 0.25) is 10.0 Å². The van der Waals surface area contributed by atoms with Crippen LogP contribution in [0.4, 0.5) is 5.69 Å². The molecule has 8 heteroatoms. The van der Waals surface area contributed by atoms with E-state index in [9.17, 15) is 13.2 Å². The van der Waals surface area contributed by atoms with E-state index in [2.05, 4.69) is 15.4 Å². The van der Waals surface area contributed by atoms with Crippen LogP contribution in [0.2, 0.25) is 0 Å². The third-order valence-corrected chi connectivity index (χ3v) is 5.65. The van der Waals surface area contributed by atoms with E-state index in [0.29, 0.717) is 17.8 Å². The Labute approximate surface area is 166 Å². The van der Waals surface area contributed by atoms with Crippen LogP contribution in [0.15, 0.2) is 53.4 Å². The molecule has 0 aliphatic heterocycles. The maximum absolute atomic E-state index is 12.6. The van der Waals surface area contributed by atoms with Gasteiger partial charge in [0.15, 0.2) is 0 Å². The summed E-state index contributed by atoms with van der Waals surface area (Å²) in [7, 11) is -3.59. The summed E-state index contributed by atoms with van der Waals surface area (Å²) in [5, 5.41) is 6.11. The Balaban J connectivity index is 0.00000261. The van der Waals surface area contributed by atoms with Gasteiger partial charge in [-0.1, -0.05) is 31.2 Å². The minimum atomic E-state index is -3.59. The van der Waals surface area contributed by atoms with Crippen molar-refractivity contribution in [2.75, 3.05) is 11.9 Å². The largest absolute Gasteiger partial charge is 0.322 e. The van der Waals surface area contributed by atoms with E-state index in [1.165, 1.54) is 12.1 Å². The number of nitrogens with one attached hydrogen (secondary N) is 3. The molecular formula is C19H24ClN3O3S. The predicted molar refractivity (Wildman–Crippen MR) is 109 cm³/mol. The number of anilines is 1. The summed E-state index contributed by atoms with van der Waals surface area (Å²) in [5.41, 5.74) is 1.99. The monoisotopic (exact) mass is 409 g/mol. The van der Waals surface area contributed by atoms with Crippen molar-refractivity contribution in [1.29, 1.82) is 0 Å². The lowest BCUT2D eigenvalue weighted by atomic mass is 10.1. The molecule has 1 amide bonds. The van der Waals surface area contributed by atoms with Gasteiger partial charge in [-0.3, -0.25) is 4.79 Å². The van der Waals surface area contributed by atoms with Gasteiger partial charge in [0.1, 0.15) is 0 Å². The first-order valence-corrected chi connectivity index (χ1v) is 10.2. The van der Waals surface area contributed by atoms with Gasteiger partial charge in [0, 0.05) is 23.8 Å². The first kappa shape index (κ1) is 21.4. The first-order valence-electron chi connectivity index (χ1n) is 8.72. The second-order valence-electron chi connectivity index (χ2n) is 6.31. The number of carbonyl (C=O) groups is 1. The second kappa shape index (κ2) is 9.32. The Kier molecular flexibility index (Phi) is 7.38. The van der Waals surface area contributed by atoms with Crippen molar-refractivity contribution in [1.82, 2.24) is 10.0 Å². The zero-order valence-corrected chi connectivity index (χ0v) is 16.7. The molecular weight excluding hydrogens is 386 g/mol. The number of para-hydroxylation sites is 1. The average Bonchev–Trinajstić information content (AvgIpc) is 3.44. The van der Waals surface area contributed by atoms with Gasteiger partial charge in [-0.15, -0.1) is 12.4 Å². The van der Waals surface area contributed by atoms with Gasteiger partial charge in [0.05, 0.1) is 4.90 Å². The zero-order valence-electron chi connectivity index (χ0n) is 15.1. The number of benzene rings is 2. The van der Waals surface area contributed by atoms with Crippen molar-refractivity contribution in [2.45, 2.75) is 37.2 Å². The molecule has 0 heterocycles. The molecule has 0 unspecified atom stereocenters. The van der Waals surface area contributed by atoms with Crippen molar-refractivity contribution in [3.63, 3.8) is 0 Å². The summed E-state index contributed by atoms with van der Waals surface area (Å²) in [6.07, 6.45) is 1.73.